The van der Waals surface area contributed by atoms with Crippen molar-refractivity contribution in [1.29, 1.82) is 0 Å². The molecule has 3 nitrogen and oxygen atoms in total. The molecule has 0 aliphatic heterocycles. The van der Waals surface area contributed by atoms with Gasteiger partial charge in [0.2, 0.25) is 0 Å². The third-order valence-corrected chi connectivity index (χ3v) is 4.54. The Hall–Kier alpha value is -1.68. The number of carbonyl (C=O) groups excluding carboxylic acids is 1. The van der Waals surface area contributed by atoms with Gasteiger partial charge in [0.05, 0.1) is 10.7 Å². The Labute approximate surface area is 116 Å². The molecule has 0 saturated heterocycles. The predicted molar refractivity (Wildman–Crippen MR) is 78.0 cm³/mol. The van der Waals surface area contributed by atoms with Gasteiger partial charge >= 0.3 is 0 Å². The molecule has 0 atom stereocenters. The molecule has 2 aromatic rings. The van der Waals surface area contributed by atoms with Crippen LogP contribution >= 0.6 is 11.3 Å². The Morgan fingerprint density at radius 2 is 2.16 bits per heavy atom. The third kappa shape index (κ3) is 2.68. The van der Waals surface area contributed by atoms with Crippen LogP contribution in [0.4, 0.5) is 5.69 Å². The number of aromatic nitrogens is 1. The van der Waals surface area contributed by atoms with Crippen LogP contribution in [-0.4, -0.2) is 10.9 Å². The summed E-state index contributed by atoms with van der Waals surface area (Å²) >= 11 is 1.54. The van der Waals surface area contributed by atoms with E-state index >= 15 is 0 Å². The minimum absolute atomic E-state index is 0.0486. The number of amides is 1. The van der Waals surface area contributed by atoms with Crippen LogP contribution in [0.25, 0.3) is 0 Å². The van der Waals surface area contributed by atoms with E-state index in [2.05, 4.69) is 10.3 Å². The van der Waals surface area contributed by atoms with Gasteiger partial charge in [-0.25, -0.2) is 4.98 Å². The van der Waals surface area contributed by atoms with Crippen molar-refractivity contribution in [2.45, 2.75) is 32.6 Å². The number of nitrogens with one attached hydrogen (secondary N) is 1. The Morgan fingerprint density at radius 3 is 2.84 bits per heavy atom. The molecule has 98 valence electrons. The fourth-order valence-electron chi connectivity index (χ4n) is 2.04. The first-order chi connectivity index (χ1) is 9.13. The monoisotopic (exact) mass is 272 g/mol. The molecule has 1 fully saturated rings. The SMILES string of the molecule is Cc1cccc(NC(=O)c2sc(C3CC3)nc2C)c1. The number of benzene rings is 1. The molecule has 1 heterocycles. The number of hydrogen-bond acceptors (Lipinski definition) is 3. The molecular formula is C15H16N2OS. The van der Waals surface area contributed by atoms with Crippen LogP contribution < -0.4 is 5.32 Å². The molecule has 1 amide bonds. The van der Waals surface area contributed by atoms with Crippen molar-refractivity contribution in [3.05, 3.63) is 45.4 Å². The van der Waals surface area contributed by atoms with Crippen LogP contribution in [0.3, 0.4) is 0 Å². The summed E-state index contributed by atoms with van der Waals surface area (Å²) in [5.41, 5.74) is 2.82. The second kappa shape index (κ2) is 4.78. The van der Waals surface area contributed by atoms with Gasteiger partial charge in [-0.2, -0.15) is 0 Å². The molecule has 4 heteroatoms. The van der Waals surface area contributed by atoms with E-state index in [0.717, 1.165) is 26.8 Å². The standard InChI is InChI=1S/C15H16N2OS/c1-9-4-3-5-12(8-9)17-14(18)13-10(2)16-15(19-13)11-6-7-11/h3-5,8,11H,6-7H2,1-2H3,(H,17,18). The van der Waals surface area contributed by atoms with Crippen LogP contribution in [0.5, 0.6) is 0 Å². The Kier molecular flexibility index (Phi) is 3.11. The lowest BCUT2D eigenvalue weighted by Gasteiger charge is -2.04. The van der Waals surface area contributed by atoms with E-state index in [0.29, 0.717) is 5.92 Å². The van der Waals surface area contributed by atoms with Crippen LogP contribution in [0.15, 0.2) is 24.3 Å². The van der Waals surface area contributed by atoms with Gasteiger partial charge in [-0.05, 0) is 44.4 Å². The predicted octanol–water partition coefficient (Wildman–Crippen LogP) is 3.89. The molecule has 1 N–H and O–H groups in total. The molecule has 1 aromatic heterocycles. The summed E-state index contributed by atoms with van der Waals surface area (Å²) in [6.45, 7) is 3.92. The number of aryl methyl sites for hydroxylation is 2. The number of carbonyl (C=O) groups is 1. The first-order valence-corrected chi connectivity index (χ1v) is 7.30. The fraction of sp³-hybridized carbons (Fsp3) is 0.333. The lowest BCUT2D eigenvalue weighted by molar-refractivity contribution is 0.103. The minimum Gasteiger partial charge on any atom is -0.321 e. The average molecular weight is 272 g/mol. The van der Waals surface area contributed by atoms with Crippen molar-refractivity contribution in [2.75, 3.05) is 5.32 Å². The first kappa shape index (κ1) is 12.4. The van der Waals surface area contributed by atoms with Crippen molar-refractivity contribution in [1.82, 2.24) is 4.98 Å². The largest absolute Gasteiger partial charge is 0.321 e. The van der Waals surface area contributed by atoms with Gasteiger partial charge in [0.15, 0.2) is 0 Å². The molecule has 1 aliphatic rings. The van der Waals surface area contributed by atoms with Crippen LogP contribution in [0.1, 0.15) is 44.7 Å². The second-order valence-corrected chi connectivity index (χ2v) is 6.10. The highest BCUT2D eigenvalue weighted by atomic mass is 32.1. The van der Waals surface area contributed by atoms with Crippen LogP contribution in [0.2, 0.25) is 0 Å². The topological polar surface area (TPSA) is 42.0 Å². The first-order valence-electron chi connectivity index (χ1n) is 6.49. The highest BCUT2D eigenvalue weighted by Crippen LogP contribution is 2.42. The van der Waals surface area contributed by atoms with Gasteiger partial charge in [-0.1, -0.05) is 12.1 Å². The molecule has 1 aliphatic carbocycles. The molecular weight excluding hydrogens is 256 g/mol. The van der Waals surface area contributed by atoms with Crippen molar-refractivity contribution in [3.63, 3.8) is 0 Å². The minimum atomic E-state index is -0.0486. The summed E-state index contributed by atoms with van der Waals surface area (Å²) in [6.07, 6.45) is 2.43. The highest BCUT2D eigenvalue weighted by molar-refractivity contribution is 7.14. The van der Waals surface area contributed by atoms with Crippen molar-refractivity contribution in [2.24, 2.45) is 0 Å². The Bertz CT molecular complexity index is 629. The van der Waals surface area contributed by atoms with Crippen molar-refractivity contribution >= 4 is 22.9 Å². The van der Waals surface area contributed by atoms with Crippen molar-refractivity contribution in [3.8, 4) is 0 Å². The van der Waals surface area contributed by atoms with E-state index in [1.165, 1.54) is 24.2 Å². The normalized spacial score (nSPS) is 14.4. The average Bonchev–Trinajstić information content (AvgIpc) is 3.13. The maximum absolute atomic E-state index is 12.3. The van der Waals surface area contributed by atoms with Gasteiger partial charge in [0.25, 0.3) is 5.91 Å². The number of anilines is 1. The maximum Gasteiger partial charge on any atom is 0.267 e. The number of nitrogens with zero attached hydrogens (tertiary/aromatic N) is 1. The molecule has 1 saturated carbocycles. The van der Waals surface area contributed by atoms with E-state index < -0.39 is 0 Å². The third-order valence-electron chi connectivity index (χ3n) is 3.22. The summed E-state index contributed by atoms with van der Waals surface area (Å²) in [7, 11) is 0. The van der Waals surface area contributed by atoms with E-state index in [-0.39, 0.29) is 5.91 Å². The zero-order valence-electron chi connectivity index (χ0n) is 11.1. The van der Waals surface area contributed by atoms with Gasteiger partial charge < -0.3 is 5.32 Å². The van der Waals surface area contributed by atoms with Gasteiger partial charge in [0, 0.05) is 11.6 Å². The van der Waals surface area contributed by atoms with E-state index in [4.69, 9.17) is 0 Å². The van der Waals surface area contributed by atoms with E-state index in [1.54, 1.807) is 0 Å². The van der Waals surface area contributed by atoms with E-state index in [9.17, 15) is 4.79 Å². The van der Waals surface area contributed by atoms with Gasteiger partial charge in [-0.15, -0.1) is 11.3 Å². The Morgan fingerprint density at radius 1 is 1.37 bits per heavy atom. The Balaban J connectivity index is 1.80. The lowest BCUT2D eigenvalue weighted by Crippen LogP contribution is -2.11. The number of hydrogen-bond donors (Lipinski definition) is 1. The quantitative estimate of drug-likeness (QED) is 0.921. The molecule has 0 spiro atoms. The number of thiazole rings is 1. The molecule has 3 rings (SSSR count). The van der Waals surface area contributed by atoms with Crippen LogP contribution in [-0.2, 0) is 0 Å². The second-order valence-electron chi connectivity index (χ2n) is 5.06. The summed E-state index contributed by atoms with van der Waals surface area (Å²) in [4.78, 5) is 17.5. The summed E-state index contributed by atoms with van der Waals surface area (Å²) in [5.74, 6) is 0.553. The smallest absolute Gasteiger partial charge is 0.267 e. The molecule has 0 unspecified atom stereocenters. The zero-order chi connectivity index (χ0) is 13.4. The highest BCUT2D eigenvalue weighted by Gasteiger charge is 2.28. The lowest BCUT2D eigenvalue weighted by atomic mass is 10.2. The summed E-state index contributed by atoms with van der Waals surface area (Å²) in [6, 6.07) is 7.83. The zero-order valence-corrected chi connectivity index (χ0v) is 11.9. The number of rotatable bonds is 3. The van der Waals surface area contributed by atoms with Gasteiger partial charge in [0.1, 0.15) is 4.88 Å². The van der Waals surface area contributed by atoms with Crippen LogP contribution in [0, 0.1) is 13.8 Å². The fourth-order valence-corrected chi connectivity index (χ4v) is 3.17. The van der Waals surface area contributed by atoms with Gasteiger partial charge in [-0.3, -0.25) is 4.79 Å². The van der Waals surface area contributed by atoms with Crippen molar-refractivity contribution < 1.29 is 4.79 Å². The van der Waals surface area contributed by atoms with E-state index in [1.807, 2.05) is 38.1 Å². The molecule has 19 heavy (non-hydrogen) atoms. The molecule has 0 radical (unpaired) electrons. The summed E-state index contributed by atoms with van der Waals surface area (Å²) < 4.78 is 0. The molecule has 1 aromatic carbocycles. The molecule has 0 bridgehead atoms. The maximum atomic E-state index is 12.3. The summed E-state index contributed by atoms with van der Waals surface area (Å²) in [5, 5.41) is 4.06.